The Balaban J connectivity index is 2.39. The van der Waals surface area contributed by atoms with Crippen LogP contribution in [0.5, 0.6) is 11.6 Å². The number of halogens is 5. The Labute approximate surface area is 118 Å². The molecule has 1 heterocycles. The Bertz CT molecular complexity index is 648. The van der Waals surface area contributed by atoms with E-state index in [1.54, 1.807) is 0 Å². The minimum Gasteiger partial charge on any atom is -0.436 e. The van der Waals surface area contributed by atoms with E-state index in [2.05, 4.69) is 25.9 Å². The summed E-state index contributed by atoms with van der Waals surface area (Å²) in [4.78, 5) is 7.49. The molecule has 1 aromatic carbocycles. The fraction of sp³-hybridized carbons (Fsp3) is 0.0909. The summed E-state index contributed by atoms with van der Waals surface area (Å²) in [6, 6.07) is 1.80. The van der Waals surface area contributed by atoms with E-state index in [-0.39, 0.29) is 22.1 Å². The normalized spacial score (nSPS) is 11.4. The number of rotatable bonds is 2. The van der Waals surface area contributed by atoms with Crippen molar-refractivity contribution in [2.24, 2.45) is 0 Å². The molecule has 0 unspecified atom stereocenters. The molecule has 0 aliphatic carbocycles. The predicted molar refractivity (Wildman–Crippen MR) is 65.6 cm³/mol. The highest BCUT2D eigenvalue weighted by atomic mass is 79.9. The first-order valence-corrected chi connectivity index (χ1v) is 5.88. The van der Waals surface area contributed by atoms with Gasteiger partial charge in [0, 0.05) is 6.07 Å². The van der Waals surface area contributed by atoms with Gasteiger partial charge in [-0.3, -0.25) is 0 Å². The summed E-state index contributed by atoms with van der Waals surface area (Å²) in [5.74, 6) is -1.82. The van der Waals surface area contributed by atoms with E-state index in [1.165, 1.54) is 6.20 Å². The van der Waals surface area contributed by atoms with Gasteiger partial charge in [-0.05, 0) is 28.1 Å². The van der Waals surface area contributed by atoms with Gasteiger partial charge in [-0.2, -0.15) is 13.2 Å². The third-order valence-corrected chi connectivity index (χ3v) is 2.53. The molecule has 0 saturated carbocycles. The number of hydrogen-bond acceptors (Lipinski definition) is 4. The molecule has 2 N–H and O–H groups in total. The van der Waals surface area contributed by atoms with Crippen LogP contribution >= 0.6 is 15.9 Å². The fourth-order valence-corrected chi connectivity index (χ4v) is 1.60. The second kappa shape index (κ2) is 5.23. The second-order valence-corrected chi connectivity index (χ2v) is 4.47. The number of hydrogen-bond donors (Lipinski definition) is 1. The molecule has 0 saturated heterocycles. The zero-order valence-electron chi connectivity index (χ0n) is 9.58. The Morgan fingerprint density at radius 2 is 1.90 bits per heavy atom. The van der Waals surface area contributed by atoms with E-state index < -0.39 is 17.6 Å². The van der Waals surface area contributed by atoms with Gasteiger partial charge in [0.05, 0.1) is 11.8 Å². The molecule has 2 rings (SSSR count). The smallest absolute Gasteiger partial charge is 0.416 e. The van der Waals surface area contributed by atoms with Crippen LogP contribution in [0.4, 0.5) is 23.4 Å². The molecule has 1 aromatic heterocycles. The molecular formula is C11H6BrF4N3O. The van der Waals surface area contributed by atoms with Crippen molar-refractivity contribution in [3.05, 3.63) is 40.4 Å². The Morgan fingerprint density at radius 3 is 2.55 bits per heavy atom. The van der Waals surface area contributed by atoms with Gasteiger partial charge in [-0.15, -0.1) is 0 Å². The molecule has 0 aliphatic heterocycles. The monoisotopic (exact) mass is 351 g/mol. The highest BCUT2D eigenvalue weighted by Crippen LogP contribution is 2.34. The molecule has 0 spiro atoms. The molecule has 0 fully saturated rings. The van der Waals surface area contributed by atoms with Gasteiger partial charge in [0.25, 0.3) is 5.88 Å². The van der Waals surface area contributed by atoms with Crippen molar-refractivity contribution in [3.8, 4) is 11.6 Å². The van der Waals surface area contributed by atoms with Crippen LogP contribution in [0, 0.1) is 5.82 Å². The number of anilines is 1. The quantitative estimate of drug-likeness (QED) is 0.836. The van der Waals surface area contributed by atoms with E-state index in [0.29, 0.717) is 12.1 Å². The van der Waals surface area contributed by atoms with Crippen molar-refractivity contribution in [1.29, 1.82) is 0 Å². The first-order chi connectivity index (χ1) is 9.25. The van der Waals surface area contributed by atoms with Crippen molar-refractivity contribution in [3.63, 3.8) is 0 Å². The second-order valence-electron chi connectivity index (χ2n) is 3.66. The maximum atomic E-state index is 13.2. The largest absolute Gasteiger partial charge is 0.436 e. The number of nitrogens with two attached hydrogens (primary N) is 1. The zero-order chi connectivity index (χ0) is 14.9. The van der Waals surface area contributed by atoms with Crippen molar-refractivity contribution in [2.45, 2.75) is 6.18 Å². The lowest BCUT2D eigenvalue weighted by molar-refractivity contribution is -0.137. The van der Waals surface area contributed by atoms with Crippen molar-refractivity contribution in [2.75, 3.05) is 5.73 Å². The Morgan fingerprint density at radius 1 is 1.20 bits per heavy atom. The standard InChI is InChI=1S/C11H6BrF4N3O/c12-8-4-18-9(17)10(19-8)20-7-2-5(11(14,15)16)1-6(13)3-7/h1-4H,(H2,17,18). The van der Waals surface area contributed by atoms with Gasteiger partial charge >= 0.3 is 6.18 Å². The van der Waals surface area contributed by atoms with Crippen molar-refractivity contribution < 1.29 is 22.3 Å². The summed E-state index contributed by atoms with van der Waals surface area (Å²) in [6.07, 6.45) is -3.40. The number of benzene rings is 1. The summed E-state index contributed by atoms with van der Waals surface area (Å²) in [6.45, 7) is 0. The summed E-state index contributed by atoms with van der Waals surface area (Å²) >= 11 is 3.01. The van der Waals surface area contributed by atoms with Crippen molar-refractivity contribution in [1.82, 2.24) is 9.97 Å². The maximum Gasteiger partial charge on any atom is 0.416 e. The minimum atomic E-state index is -4.69. The molecule has 0 bridgehead atoms. The lowest BCUT2D eigenvalue weighted by atomic mass is 10.2. The van der Waals surface area contributed by atoms with E-state index in [9.17, 15) is 17.6 Å². The van der Waals surface area contributed by atoms with Crippen LogP contribution < -0.4 is 10.5 Å². The van der Waals surface area contributed by atoms with E-state index in [1.807, 2.05) is 0 Å². The summed E-state index contributed by atoms with van der Waals surface area (Å²) in [5, 5.41) is 0. The van der Waals surface area contributed by atoms with Gasteiger partial charge < -0.3 is 10.5 Å². The zero-order valence-corrected chi connectivity index (χ0v) is 11.2. The fourth-order valence-electron chi connectivity index (χ4n) is 1.33. The summed E-state index contributed by atoms with van der Waals surface area (Å²) in [5.41, 5.74) is 4.29. The molecular weight excluding hydrogens is 346 g/mol. The van der Waals surface area contributed by atoms with Gasteiger partial charge in [0.15, 0.2) is 5.82 Å². The molecule has 2 aromatic rings. The minimum absolute atomic E-state index is 0.133. The molecule has 106 valence electrons. The first kappa shape index (κ1) is 14.5. The lowest BCUT2D eigenvalue weighted by Crippen LogP contribution is -2.06. The summed E-state index contributed by atoms with van der Waals surface area (Å²) < 4.78 is 56.1. The molecule has 0 aliphatic rings. The number of alkyl halides is 3. The lowest BCUT2D eigenvalue weighted by Gasteiger charge is -2.11. The number of ether oxygens (including phenoxy) is 1. The van der Waals surface area contributed by atoms with Crippen LogP contribution in [0.2, 0.25) is 0 Å². The van der Waals surface area contributed by atoms with Crippen LogP contribution in [0.1, 0.15) is 5.56 Å². The van der Waals surface area contributed by atoms with Crippen LogP contribution in [-0.2, 0) is 6.18 Å². The first-order valence-electron chi connectivity index (χ1n) is 5.09. The number of nitrogen functional groups attached to an aromatic ring is 1. The van der Waals surface area contributed by atoms with Gasteiger partial charge in [-0.25, -0.2) is 14.4 Å². The topological polar surface area (TPSA) is 61.0 Å². The van der Waals surface area contributed by atoms with Crippen LogP contribution in [0.25, 0.3) is 0 Å². The average Bonchev–Trinajstić information content (AvgIpc) is 2.32. The third kappa shape index (κ3) is 3.35. The molecule has 20 heavy (non-hydrogen) atoms. The molecule has 9 heteroatoms. The highest BCUT2D eigenvalue weighted by molar-refractivity contribution is 9.10. The summed E-state index contributed by atoms with van der Waals surface area (Å²) in [7, 11) is 0. The van der Waals surface area contributed by atoms with E-state index >= 15 is 0 Å². The Hall–Kier alpha value is -1.90. The van der Waals surface area contributed by atoms with Crippen LogP contribution in [0.3, 0.4) is 0 Å². The van der Waals surface area contributed by atoms with E-state index in [4.69, 9.17) is 10.5 Å². The number of nitrogens with zero attached hydrogens (tertiary/aromatic N) is 2. The van der Waals surface area contributed by atoms with Crippen molar-refractivity contribution >= 4 is 21.7 Å². The third-order valence-electron chi connectivity index (χ3n) is 2.15. The molecule has 0 amide bonds. The maximum absolute atomic E-state index is 13.2. The SMILES string of the molecule is Nc1ncc(Br)nc1Oc1cc(F)cc(C(F)(F)F)c1. The van der Waals surface area contributed by atoms with E-state index in [0.717, 1.165) is 6.07 Å². The molecule has 4 nitrogen and oxygen atoms in total. The number of aromatic nitrogens is 2. The highest BCUT2D eigenvalue weighted by Gasteiger charge is 2.31. The van der Waals surface area contributed by atoms with Gasteiger partial charge in [-0.1, -0.05) is 0 Å². The molecule has 0 atom stereocenters. The Kier molecular flexibility index (Phi) is 3.80. The average molecular weight is 352 g/mol. The van der Waals surface area contributed by atoms with Crippen LogP contribution in [0.15, 0.2) is 29.0 Å². The van der Waals surface area contributed by atoms with Gasteiger partial charge in [0.1, 0.15) is 16.2 Å². The molecule has 0 radical (unpaired) electrons. The predicted octanol–water partition coefficient (Wildman–Crippen LogP) is 3.77. The van der Waals surface area contributed by atoms with Crippen LogP contribution in [-0.4, -0.2) is 9.97 Å². The van der Waals surface area contributed by atoms with Gasteiger partial charge in [0.2, 0.25) is 0 Å².